The molecule has 0 bridgehead atoms. The molecule has 0 spiro atoms. The van der Waals surface area contributed by atoms with Crippen molar-refractivity contribution in [1.29, 1.82) is 0 Å². The Hall–Kier alpha value is -3.40. The van der Waals surface area contributed by atoms with E-state index in [-0.39, 0.29) is 11.8 Å². The van der Waals surface area contributed by atoms with Crippen LogP contribution in [-0.4, -0.2) is 58.8 Å². The fourth-order valence-electron chi connectivity index (χ4n) is 2.93. The maximum Gasteiger partial charge on any atom is 0.267 e. The van der Waals surface area contributed by atoms with Gasteiger partial charge in [-0.15, -0.1) is 11.3 Å². The number of hydrogen-bond acceptors (Lipinski definition) is 7. The van der Waals surface area contributed by atoms with E-state index in [1.807, 2.05) is 19.2 Å². The first-order valence-electron chi connectivity index (χ1n) is 9.30. The predicted octanol–water partition coefficient (Wildman–Crippen LogP) is 2.77. The number of thiazole rings is 1. The first kappa shape index (κ1) is 21.3. The Balaban J connectivity index is 1.87. The second-order valence-electron chi connectivity index (χ2n) is 6.23. The SMILES string of the molecule is CCN(CCn1cccn1)C(=O)c1cc(NC(=O)c2cncs2)c(OC)c(OC)c1. The number of carbonyl (C=O) groups is 2. The largest absolute Gasteiger partial charge is 0.493 e. The number of nitrogens with one attached hydrogen (secondary N) is 1. The number of hydrogen-bond donors (Lipinski definition) is 1. The minimum atomic E-state index is -0.339. The van der Waals surface area contributed by atoms with Crippen molar-refractivity contribution in [2.75, 3.05) is 32.6 Å². The molecule has 3 rings (SSSR count). The zero-order valence-corrected chi connectivity index (χ0v) is 17.8. The van der Waals surface area contributed by atoms with Crippen LogP contribution in [0.15, 0.2) is 42.3 Å². The van der Waals surface area contributed by atoms with Crippen LogP contribution < -0.4 is 14.8 Å². The number of ether oxygens (including phenoxy) is 2. The van der Waals surface area contributed by atoms with Gasteiger partial charge in [-0.05, 0) is 25.1 Å². The minimum Gasteiger partial charge on any atom is -0.493 e. The number of carbonyl (C=O) groups excluding carboxylic acids is 2. The number of rotatable bonds is 9. The summed E-state index contributed by atoms with van der Waals surface area (Å²) < 4.78 is 12.6. The van der Waals surface area contributed by atoms with Crippen molar-refractivity contribution in [2.45, 2.75) is 13.5 Å². The average molecular weight is 430 g/mol. The van der Waals surface area contributed by atoms with Gasteiger partial charge in [-0.3, -0.25) is 19.3 Å². The quantitative estimate of drug-likeness (QED) is 0.562. The summed E-state index contributed by atoms with van der Waals surface area (Å²) in [7, 11) is 2.96. The van der Waals surface area contributed by atoms with Crippen molar-refractivity contribution in [3.8, 4) is 11.5 Å². The van der Waals surface area contributed by atoms with E-state index in [9.17, 15) is 9.59 Å². The van der Waals surface area contributed by atoms with E-state index < -0.39 is 0 Å². The smallest absolute Gasteiger partial charge is 0.267 e. The molecule has 0 radical (unpaired) electrons. The monoisotopic (exact) mass is 429 g/mol. The van der Waals surface area contributed by atoms with Crippen LogP contribution in [0.3, 0.4) is 0 Å². The van der Waals surface area contributed by atoms with Gasteiger partial charge >= 0.3 is 0 Å². The Kier molecular flexibility index (Phi) is 7.02. The average Bonchev–Trinajstić information content (AvgIpc) is 3.47. The number of aromatic nitrogens is 3. The van der Waals surface area contributed by atoms with Crippen molar-refractivity contribution in [3.63, 3.8) is 0 Å². The van der Waals surface area contributed by atoms with Gasteiger partial charge in [0.2, 0.25) is 0 Å². The molecule has 0 saturated carbocycles. The molecule has 3 aromatic rings. The summed E-state index contributed by atoms with van der Waals surface area (Å²) in [6.45, 7) is 3.51. The van der Waals surface area contributed by atoms with Crippen molar-refractivity contribution in [3.05, 3.63) is 52.7 Å². The summed E-state index contributed by atoms with van der Waals surface area (Å²) in [5, 5.41) is 6.95. The predicted molar refractivity (Wildman–Crippen MR) is 113 cm³/mol. The van der Waals surface area contributed by atoms with E-state index in [2.05, 4.69) is 15.4 Å². The van der Waals surface area contributed by atoms with E-state index >= 15 is 0 Å². The Morgan fingerprint density at radius 2 is 2.10 bits per heavy atom. The summed E-state index contributed by atoms with van der Waals surface area (Å²) in [4.78, 5) is 31.7. The molecule has 0 aliphatic carbocycles. The lowest BCUT2D eigenvalue weighted by Gasteiger charge is -2.22. The third-order valence-corrected chi connectivity index (χ3v) is 5.23. The standard InChI is InChI=1S/C20H23N5O4S/c1-4-24(8-9-25-7-5-6-22-25)20(27)14-10-15(18(29-3)16(11-14)28-2)23-19(26)17-12-21-13-30-17/h5-7,10-13H,4,8-9H2,1-3H3,(H,23,26). The number of methoxy groups -OCH3 is 2. The molecule has 30 heavy (non-hydrogen) atoms. The first-order chi connectivity index (χ1) is 14.6. The molecule has 0 aliphatic rings. The van der Waals surface area contributed by atoms with Gasteiger partial charge in [0.25, 0.3) is 11.8 Å². The van der Waals surface area contributed by atoms with Gasteiger partial charge < -0.3 is 19.7 Å². The summed E-state index contributed by atoms with van der Waals surface area (Å²) >= 11 is 1.22. The van der Waals surface area contributed by atoms with Gasteiger partial charge in [-0.2, -0.15) is 5.10 Å². The highest BCUT2D eigenvalue weighted by molar-refractivity contribution is 7.11. The zero-order chi connectivity index (χ0) is 21.5. The van der Waals surface area contributed by atoms with Crippen LogP contribution in [0, 0.1) is 0 Å². The molecule has 1 N–H and O–H groups in total. The Morgan fingerprint density at radius 1 is 1.27 bits per heavy atom. The van der Waals surface area contributed by atoms with Gasteiger partial charge in [0, 0.05) is 31.0 Å². The Labute approximate surface area is 178 Å². The molecule has 1 aromatic carbocycles. The fourth-order valence-corrected chi connectivity index (χ4v) is 3.45. The molecule has 10 heteroatoms. The Bertz CT molecular complexity index is 989. The van der Waals surface area contributed by atoms with Crippen LogP contribution in [-0.2, 0) is 6.54 Å². The lowest BCUT2D eigenvalue weighted by Crippen LogP contribution is -2.34. The molecule has 2 amide bonds. The molecule has 0 aliphatic heterocycles. The van der Waals surface area contributed by atoms with Gasteiger partial charge in [0.15, 0.2) is 11.5 Å². The maximum absolute atomic E-state index is 13.1. The van der Waals surface area contributed by atoms with E-state index in [1.165, 1.54) is 31.8 Å². The number of anilines is 1. The molecular formula is C20H23N5O4S. The van der Waals surface area contributed by atoms with E-state index in [0.29, 0.717) is 47.3 Å². The summed E-state index contributed by atoms with van der Waals surface area (Å²) in [5.41, 5.74) is 2.31. The fraction of sp³-hybridized carbons (Fsp3) is 0.300. The molecule has 0 atom stereocenters. The van der Waals surface area contributed by atoms with Crippen LogP contribution in [0.2, 0.25) is 0 Å². The highest BCUT2D eigenvalue weighted by atomic mass is 32.1. The summed E-state index contributed by atoms with van der Waals surface area (Å²) in [6, 6.07) is 5.05. The second-order valence-corrected chi connectivity index (χ2v) is 7.12. The van der Waals surface area contributed by atoms with Crippen molar-refractivity contribution >= 4 is 28.8 Å². The maximum atomic E-state index is 13.1. The molecule has 0 unspecified atom stereocenters. The van der Waals surface area contributed by atoms with Crippen LogP contribution >= 0.6 is 11.3 Å². The lowest BCUT2D eigenvalue weighted by molar-refractivity contribution is 0.0756. The van der Waals surface area contributed by atoms with Crippen LogP contribution in [0.5, 0.6) is 11.5 Å². The topological polar surface area (TPSA) is 98.6 Å². The highest BCUT2D eigenvalue weighted by Gasteiger charge is 2.21. The number of nitrogens with zero attached hydrogens (tertiary/aromatic N) is 4. The van der Waals surface area contributed by atoms with Crippen molar-refractivity contribution < 1.29 is 19.1 Å². The molecular weight excluding hydrogens is 406 g/mol. The molecule has 2 aromatic heterocycles. The van der Waals surface area contributed by atoms with Gasteiger partial charge in [0.05, 0.1) is 38.2 Å². The van der Waals surface area contributed by atoms with Crippen molar-refractivity contribution in [1.82, 2.24) is 19.7 Å². The molecule has 0 saturated heterocycles. The highest BCUT2D eigenvalue weighted by Crippen LogP contribution is 2.37. The third kappa shape index (κ3) is 4.77. The van der Waals surface area contributed by atoms with Crippen LogP contribution in [0.4, 0.5) is 5.69 Å². The first-order valence-corrected chi connectivity index (χ1v) is 10.2. The number of amides is 2. The number of benzene rings is 1. The van der Waals surface area contributed by atoms with Crippen molar-refractivity contribution in [2.24, 2.45) is 0 Å². The lowest BCUT2D eigenvalue weighted by atomic mass is 10.1. The molecule has 9 nitrogen and oxygen atoms in total. The van der Waals surface area contributed by atoms with Gasteiger partial charge in [-0.25, -0.2) is 0 Å². The normalized spacial score (nSPS) is 10.5. The van der Waals surface area contributed by atoms with E-state index in [4.69, 9.17) is 9.47 Å². The van der Waals surface area contributed by atoms with Gasteiger partial charge in [-0.1, -0.05) is 0 Å². The van der Waals surface area contributed by atoms with Crippen LogP contribution in [0.1, 0.15) is 27.0 Å². The third-order valence-electron chi connectivity index (χ3n) is 4.46. The molecule has 2 heterocycles. The zero-order valence-electron chi connectivity index (χ0n) is 17.0. The minimum absolute atomic E-state index is 0.182. The molecule has 158 valence electrons. The second kappa shape index (κ2) is 9.88. The Morgan fingerprint density at radius 3 is 2.70 bits per heavy atom. The molecule has 0 fully saturated rings. The van der Waals surface area contributed by atoms with Gasteiger partial charge in [0.1, 0.15) is 4.88 Å². The van der Waals surface area contributed by atoms with E-state index in [1.54, 1.807) is 33.4 Å². The summed E-state index contributed by atoms with van der Waals surface area (Å²) in [6.07, 6.45) is 5.03. The summed E-state index contributed by atoms with van der Waals surface area (Å²) in [5.74, 6) is 0.171. The number of likely N-dealkylation sites (N-methyl/N-ethyl adjacent to an activating group) is 1. The van der Waals surface area contributed by atoms with Crippen LogP contribution in [0.25, 0.3) is 0 Å². The van der Waals surface area contributed by atoms with E-state index in [0.717, 1.165) is 0 Å².